The van der Waals surface area contributed by atoms with Gasteiger partial charge in [-0.3, -0.25) is 0 Å². The van der Waals surface area contributed by atoms with Gasteiger partial charge in [-0.15, -0.1) is 0 Å². The van der Waals surface area contributed by atoms with Gasteiger partial charge >= 0.3 is 0 Å². The number of nitrogens with zero attached hydrogens (tertiary/aromatic N) is 2. The van der Waals surface area contributed by atoms with Crippen molar-refractivity contribution in [1.29, 1.82) is 0 Å². The summed E-state index contributed by atoms with van der Waals surface area (Å²) in [5, 5.41) is 7.93. The molecule has 1 aromatic rings. The minimum absolute atomic E-state index is 0.723. The Morgan fingerprint density at radius 2 is 2.30 bits per heavy atom. The molecule has 0 N–H and O–H groups in total. The molecule has 52 valence electrons. The highest BCUT2D eigenvalue weighted by Gasteiger charge is 2.26. The van der Waals surface area contributed by atoms with Crippen molar-refractivity contribution in [2.45, 2.75) is 18.8 Å². The van der Waals surface area contributed by atoms with Crippen molar-refractivity contribution in [2.24, 2.45) is 0 Å². The Hall–Kier alpha value is -0.190. The molecule has 1 heterocycles. The highest BCUT2D eigenvalue weighted by atomic mass is 127. The van der Waals surface area contributed by atoms with E-state index in [0.717, 1.165) is 5.92 Å². The Morgan fingerprint density at radius 1 is 1.50 bits per heavy atom. The molecule has 0 aliphatic heterocycles. The first-order valence-corrected chi connectivity index (χ1v) is 4.43. The number of hydrogen-bond donors (Lipinski definition) is 0. The van der Waals surface area contributed by atoms with Gasteiger partial charge in [-0.2, -0.15) is 10.2 Å². The fourth-order valence-electron chi connectivity index (χ4n) is 0.961. The van der Waals surface area contributed by atoms with Gasteiger partial charge in [0.15, 0.2) is 0 Å². The summed E-state index contributed by atoms with van der Waals surface area (Å²) in [4.78, 5) is 0. The Labute approximate surface area is 73.2 Å². The van der Waals surface area contributed by atoms with E-state index in [9.17, 15) is 0 Å². The molecule has 0 unspecified atom stereocenters. The van der Waals surface area contributed by atoms with Crippen molar-refractivity contribution in [2.75, 3.05) is 0 Å². The molecule has 1 aliphatic carbocycles. The van der Waals surface area contributed by atoms with Crippen molar-refractivity contribution >= 4 is 22.6 Å². The van der Waals surface area contributed by atoms with Crippen LogP contribution in [-0.4, -0.2) is 10.2 Å². The quantitative estimate of drug-likeness (QED) is 0.708. The number of rotatable bonds is 1. The second-order valence-corrected chi connectivity index (χ2v) is 3.70. The molecule has 1 aromatic heterocycles. The lowest BCUT2D eigenvalue weighted by atomic mass is 10.3. The van der Waals surface area contributed by atoms with Crippen LogP contribution in [0, 0.1) is 3.57 Å². The normalized spacial score (nSPS) is 17.3. The smallest absolute Gasteiger partial charge is 0.0795 e. The number of aromatic nitrogens is 2. The van der Waals surface area contributed by atoms with E-state index in [1.165, 1.54) is 22.1 Å². The van der Waals surface area contributed by atoms with E-state index < -0.39 is 0 Å². The van der Waals surface area contributed by atoms with Crippen LogP contribution in [0.2, 0.25) is 0 Å². The Kier molecular flexibility index (Phi) is 1.60. The average Bonchev–Trinajstić information content (AvgIpc) is 2.71. The van der Waals surface area contributed by atoms with Crippen molar-refractivity contribution in [3.05, 3.63) is 21.5 Å². The van der Waals surface area contributed by atoms with Crippen molar-refractivity contribution in [3.8, 4) is 0 Å². The summed E-state index contributed by atoms with van der Waals surface area (Å²) in [6.45, 7) is 0. The standard InChI is InChI=1S/C7H7IN2/c8-6-3-4-9-10-7(6)5-1-2-5/h3-5H,1-2H2. The van der Waals surface area contributed by atoms with Gasteiger partial charge in [0, 0.05) is 9.49 Å². The third-order valence-electron chi connectivity index (χ3n) is 1.66. The molecule has 0 bridgehead atoms. The summed E-state index contributed by atoms with van der Waals surface area (Å²) in [6, 6.07) is 2.02. The molecule has 0 amide bonds. The minimum Gasteiger partial charge on any atom is -0.159 e. The average molecular weight is 246 g/mol. The summed E-state index contributed by atoms with van der Waals surface area (Å²) >= 11 is 2.31. The van der Waals surface area contributed by atoms with E-state index in [-0.39, 0.29) is 0 Å². The molecule has 0 spiro atoms. The lowest BCUT2D eigenvalue weighted by molar-refractivity contribution is 0.899. The summed E-state index contributed by atoms with van der Waals surface area (Å²) < 4.78 is 1.26. The van der Waals surface area contributed by atoms with Crippen LogP contribution in [-0.2, 0) is 0 Å². The maximum absolute atomic E-state index is 4.08. The van der Waals surface area contributed by atoms with Crippen LogP contribution in [0.3, 0.4) is 0 Å². The molecule has 1 aliphatic rings. The predicted octanol–water partition coefficient (Wildman–Crippen LogP) is 1.96. The first-order valence-electron chi connectivity index (χ1n) is 3.35. The third kappa shape index (κ3) is 1.14. The first kappa shape index (κ1) is 6.52. The van der Waals surface area contributed by atoms with Crippen molar-refractivity contribution in [3.63, 3.8) is 0 Å². The van der Waals surface area contributed by atoms with Gasteiger partial charge in [0.2, 0.25) is 0 Å². The van der Waals surface area contributed by atoms with Crippen LogP contribution in [0.25, 0.3) is 0 Å². The lowest BCUT2D eigenvalue weighted by Crippen LogP contribution is -1.92. The van der Waals surface area contributed by atoms with E-state index >= 15 is 0 Å². The molecule has 10 heavy (non-hydrogen) atoms. The van der Waals surface area contributed by atoms with Crippen LogP contribution < -0.4 is 0 Å². The Morgan fingerprint density at radius 3 is 2.90 bits per heavy atom. The zero-order valence-electron chi connectivity index (χ0n) is 5.42. The number of hydrogen-bond acceptors (Lipinski definition) is 2. The summed E-state index contributed by atoms with van der Waals surface area (Å²) in [5.74, 6) is 0.723. The van der Waals surface area contributed by atoms with E-state index in [0.29, 0.717) is 0 Å². The van der Waals surface area contributed by atoms with Gasteiger partial charge in [-0.05, 0) is 41.5 Å². The monoisotopic (exact) mass is 246 g/mol. The maximum Gasteiger partial charge on any atom is 0.0795 e. The zero-order chi connectivity index (χ0) is 6.97. The van der Waals surface area contributed by atoms with Gasteiger partial charge in [0.25, 0.3) is 0 Å². The van der Waals surface area contributed by atoms with Crippen LogP contribution in [0.1, 0.15) is 24.5 Å². The Bertz CT molecular complexity index is 245. The second-order valence-electron chi connectivity index (χ2n) is 2.54. The van der Waals surface area contributed by atoms with E-state index in [4.69, 9.17) is 0 Å². The van der Waals surface area contributed by atoms with Crippen molar-refractivity contribution < 1.29 is 0 Å². The van der Waals surface area contributed by atoms with Gasteiger partial charge in [-0.1, -0.05) is 0 Å². The molecule has 1 saturated carbocycles. The zero-order valence-corrected chi connectivity index (χ0v) is 7.58. The van der Waals surface area contributed by atoms with Gasteiger partial charge < -0.3 is 0 Å². The molecule has 1 fully saturated rings. The fraction of sp³-hybridized carbons (Fsp3) is 0.429. The summed E-state index contributed by atoms with van der Waals surface area (Å²) in [5.41, 5.74) is 1.20. The SMILES string of the molecule is Ic1ccnnc1C1CC1. The van der Waals surface area contributed by atoms with Crippen LogP contribution in [0.15, 0.2) is 12.3 Å². The van der Waals surface area contributed by atoms with Crippen molar-refractivity contribution in [1.82, 2.24) is 10.2 Å². The number of halogens is 1. The van der Waals surface area contributed by atoms with Gasteiger partial charge in [-0.25, -0.2) is 0 Å². The molecule has 0 aromatic carbocycles. The fourth-order valence-corrected chi connectivity index (χ4v) is 1.67. The van der Waals surface area contributed by atoms with E-state index in [1.807, 2.05) is 6.07 Å². The molecule has 0 radical (unpaired) electrons. The largest absolute Gasteiger partial charge is 0.159 e. The van der Waals surface area contributed by atoms with Gasteiger partial charge in [0.1, 0.15) is 0 Å². The second kappa shape index (κ2) is 2.45. The minimum atomic E-state index is 0.723. The summed E-state index contributed by atoms with van der Waals surface area (Å²) in [7, 11) is 0. The molecule has 0 saturated heterocycles. The molecule has 3 heteroatoms. The predicted molar refractivity (Wildman–Crippen MR) is 46.7 cm³/mol. The molecule has 2 rings (SSSR count). The highest BCUT2D eigenvalue weighted by molar-refractivity contribution is 14.1. The van der Waals surface area contributed by atoms with Gasteiger partial charge in [0.05, 0.1) is 11.9 Å². The topological polar surface area (TPSA) is 25.8 Å². The van der Waals surface area contributed by atoms with E-state index in [2.05, 4.69) is 32.8 Å². The highest BCUT2D eigenvalue weighted by Crippen LogP contribution is 2.40. The van der Waals surface area contributed by atoms with Crippen LogP contribution in [0.5, 0.6) is 0 Å². The Balaban J connectivity index is 2.39. The maximum atomic E-state index is 4.08. The first-order chi connectivity index (χ1) is 4.88. The molecule has 0 atom stereocenters. The van der Waals surface area contributed by atoms with E-state index in [1.54, 1.807) is 6.20 Å². The molecular formula is C7H7IN2. The van der Waals surface area contributed by atoms with Crippen LogP contribution >= 0.6 is 22.6 Å². The third-order valence-corrected chi connectivity index (χ3v) is 2.57. The lowest BCUT2D eigenvalue weighted by Gasteiger charge is -1.96. The van der Waals surface area contributed by atoms with Crippen LogP contribution in [0.4, 0.5) is 0 Å². The summed E-state index contributed by atoms with van der Waals surface area (Å²) in [6.07, 6.45) is 4.34. The molecule has 2 nitrogen and oxygen atoms in total. The molecular weight excluding hydrogens is 239 g/mol.